The fraction of sp³-hybridized carbons (Fsp3) is 0.588. The number of furan rings is 1. The first kappa shape index (κ1) is 17.3. The van der Waals surface area contributed by atoms with Crippen LogP contribution in [0.2, 0.25) is 0 Å². The number of carbonyl (C=O) groups is 3. The van der Waals surface area contributed by atoms with Crippen molar-refractivity contribution in [1.82, 2.24) is 14.7 Å². The Hall–Kier alpha value is -2.51. The van der Waals surface area contributed by atoms with Gasteiger partial charge in [-0.3, -0.25) is 14.5 Å². The summed E-state index contributed by atoms with van der Waals surface area (Å²) < 4.78 is 10.2. The molecule has 8 heteroatoms. The van der Waals surface area contributed by atoms with E-state index in [1.807, 2.05) is 13.8 Å². The Bertz CT molecular complexity index is 635. The van der Waals surface area contributed by atoms with Crippen LogP contribution < -0.4 is 0 Å². The van der Waals surface area contributed by atoms with E-state index in [1.54, 1.807) is 21.9 Å². The summed E-state index contributed by atoms with van der Waals surface area (Å²) in [5, 5.41) is 0. The smallest absolute Gasteiger partial charge is 0.410 e. The molecule has 0 bridgehead atoms. The highest BCUT2D eigenvalue weighted by molar-refractivity contribution is 5.91. The highest BCUT2D eigenvalue weighted by atomic mass is 16.6. The lowest BCUT2D eigenvalue weighted by Crippen LogP contribution is -2.53. The fourth-order valence-electron chi connectivity index (χ4n) is 3.16. The summed E-state index contributed by atoms with van der Waals surface area (Å²) in [5.41, 5.74) is 0. The van der Waals surface area contributed by atoms with Gasteiger partial charge in [0.25, 0.3) is 5.91 Å². The molecule has 0 unspecified atom stereocenters. The number of carbonyl (C=O) groups excluding carboxylic acids is 3. The van der Waals surface area contributed by atoms with Gasteiger partial charge < -0.3 is 19.0 Å². The Morgan fingerprint density at radius 1 is 1.20 bits per heavy atom. The molecule has 1 atom stereocenters. The minimum absolute atomic E-state index is 0.0216. The van der Waals surface area contributed by atoms with Gasteiger partial charge in [-0.05, 0) is 18.1 Å². The van der Waals surface area contributed by atoms with Crippen molar-refractivity contribution in [3.63, 3.8) is 0 Å². The molecule has 2 aliphatic rings. The number of rotatable bonds is 4. The molecule has 0 aliphatic carbocycles. The molecule has 3 amide bonds. The van der Waals surface area contributed by atoms with Gasteiger partial charge in [0.1, 0.15) is 13.2 Å². The highest BCUT2D eigenvalue weighted by Gasteiger charge is 2.37. The molecule has 3 heterocycles. The van der Waals surface area contributed by atoms with Crippen molar-refractivity contribution in [3.05, 3.63) is 24.2 Å². The van der Waals surface area contributed by atoms with E-state index in [9.17, 15) is 14.4 Å². The van der Waals surface area contributed by atoms with Crippen LogP contribution in [-0.2, 0) is 9.53 Å². The molecule has 1 aromatic heterocycles. The quantitative estimate of drug-likeness (QED) is 0.811. The summed E-state index contributed by atoms with van der Waals surface area (Å²) in [6.45, 7) is 6.14. The molecule has 25 heavy (non-hydrogen) atoms. The van der Waals surface area contributed by atoms with Crippen LogP contribution in [0.25, 0.3) is 0 Å². The third kappa shape index (κ3) is 3.62. The van der Waals surface area contributed by atoms with Gasteiger partial charge in [-0.15, -0.1) is 0 Å². The minimum atomic E-state index is -0.432. The SMILES string of the molecule is CC(C)[C@H]1COC(=O)N1CC(=O)N1CCN(C(=O)c2ccco2)CC1. The first-order valence-corrected chi connectivity index (χ1v) is 8.51. The molecule has 0 spiro atoms. The maximum absolute atomic E-state index is 12.5. The monoisotopic (exact) mass is 349 g/mol. The number of ether oxygens (including phenoxy) is 1. The van der Waals surface area contributed by atoms with Crippen molar-refractivity contribution >= 4 is 17.9 Å². The Labute approximate surface area is 146 Å². The second-order valence-corrected chi connectivity index (χ2v) is 6.67. The molecule has 2 saturated heterocycles. The molecule has 0 radical (unpaired) electrons. The lowest BCUT2D eigenvalue weighted by molar-refractivity contribution is -0.133. The number of nitrogens with zero attached hydrogens (tertiary/aromatic N) is 3. The van der Waals surface area contributed by atoms with Crippen LogP contribution in [-0.4, -0.2) is 78.0 Å². The summed E-state index contributed by atoms with van der Waals surface area (Å²) in [7, 11) is 0. The highest BCUT2D eigenvalue weighted by Crippen LogP contribution is 2.19. The molecule has 3 rings (SSSR count). The second-order valence-electron chi connectivity index (χ2n) is 6.67. The average Bonchev–Trinajstić information content (AvgIpc) is 3.25. The van der Waals surface area contributed by atoms with Crippen LogP contribution in [0.4, 0.5) is 4.79 Å². The van der Waals surface area contributed by atoms with Gasteiger partial charge in [-0.1, -0.05) is 13.8 Å². The Kier molecular flexibility index (Phi) is 4.96. The first-order valence-electron chi connectivity index (χ1n) is 8.51. The predicted molar refractivity (Wildman–Crippen MR) is 87.9 cm³/mol. The lowest BCUT2D eigenvalue weighted by Gasteiger charge is -2.35. The summed E-state index contributed by atoms with van der Waals surface area (Å²) in [4.78, 5) is 41.5. The van der Waals surface area contributed by atoms with E-state index in [2.05, 4.69) is 0 Å². The molecule has 2 fully saturated rings. The van der Waals surface area contributed by atoms with Gasteiger partial charge in [0.15, 0.2) is 5.76 Å². The van der Waals surface area contributed by atoms with E-state index in [-0.39, 0.29) is 30.3 Å². The van der Waals surface area contributed by atoms with Gasteiger partial charge in [0, 0.05) is 26.2 Å². The summed E-state index contributed by atoms with van der Waals surface area (Å²) in [5.74, 6) is 0.246. The number of hydrogen-bond donors (Lipinski definition) is 0. The van der Waals surface area contributed by atoms with Crippen molar-refractivity contribution in [2.75, 3.05) is 39.3 Å². The Morgan fingerprint density at radius 3 is 2.48 bits per heavy atom. The minimum Gasteiger partial charge on any atom is -0.459 e. The third-order valence-electron chi connectivity index (χ3n) is 4.74. The van der Waals surface area contributed by atoms with Crippen molar-refractivity contribution < 1.29 is 23.5 Å². The van der Waals surface area contributed by atoms with Crippen LogP contribution in [0.5, 0.6) is 0 Å². The van der Waals surface area contributed by atoms with Crippen molar-refractivity contribution in [1.29, 1.82) is 0 Å². The first-order chi connectivity index (χ1) is 12.0. The lowest BCUT2D eigenvalue weighted by atomic mass is 10.0. The van der Waals surface area contributed by atoms with E-state index in [0.29, 0.717) is 38.5 Å². The van der Waals surface area contributed by atoms with Gasteiger partial charge in [-0.2, -0.15) is 0 Å². The molecule has 8 nitrogen and oxygen atoms in total. The molecule has 0 saturated carbocycles. The molecular weight excluding hydrogens is 326 g/mol. The largest absolute Gasteiger partial charge is 0.459 e. The maximum Gasteiger partial charge on any atom is 0.410 e. The maximum atomic E-state index is 12.5. The fourth-order valence-corrected chi connectivity index (χ4v) is 3.16. The molecule has 2 aliphatic heterocycles. The summed E-state index contributed by atoms with van der Waals surface area (Å²) in [6.07, 6.45) is 1.03. The number of hydrogen-bond acceptors (Lipinski definition) is 5. The zero-order chi connectivity index (χ0) is 18.0. The van der Waals surface area contributed by atoms with Gasteiger partial charge >= 0.3 is 6.09 Å². The predicted octanol–water partition coefficient (Wildman–Crippen LogP) is 1.04. The van der Waals surface area contributed by atoms with Crippen LogP contribution in [0, 0.1) is 5.92 Å². The van der Waals surface area contributed by atoms with Crippen molar-refractivity contribution in [2.24, 2.45) is 5.92 Å². The van der Waals surface area contributed by atoms with E-state index < -0.39 is 6.09 Å². The summed E-state index contributed by atoms with van der Waals surface area (Å²) in [6, 6.07) is 3.23. The van der Waals surface area contributed by atoms with E-state index in [0.717, 1.165) is 0 Å². The van der Waals surface area contributed by atoms with Gasteiger partial charge in [-0.25, -0.2) is 4.79 Å². The number of cyclic esters (lactones) is 1. The number of amides is 3. The van der Waals surface area contributed by atoms with Crippen molar-refractivity contribution in [2.45, 2.75) is 19.9 Å². The van der Waals surface area contributed by atoms with Gasteiger partial charge in [0.05, 0.1) is 12.3 Å². The van der Waals surface area contributed by atoms with Crippen molar-refractivity contribution in [3.8, 4) is 0 Å². The van der Waals surface area contributed by atoms with Gasteiger partial charge in [0.2, 0.25) is 5.91 Å². The van der Waals surface area contributed by atoms with Crippen LogP contribution in [0.15, 0.2) is 22.8 Å². The standard InChI is InChI=1S/C17H23N3O5/c1-12(2)13-11-25-17(23)20(13)10-15(21)18-5-7-19(8-6-18)16(22)14-4-3-9-24-14/h3-4,9,12-13H,5-8,10-11H2,1-2H3/t13-/m1/s1. The molecule has 0 aromatic carbocycles. The molecule has 1 aromatic rings. The summed E-state index contributed by atoms with van der Waals surface area (Å²) >= 11 is 0. The van der Waals surface area contributed by atoms with E-state index in [1.165, 1.54) is 11.2 Å². The topological polar surface area (TPSA) is 83.3 Å². The third-order valence-corrected chi connectivity index (χ3v) is 4.74. The Morgan fingerprint density at radius 2 is 1.88 bits per heavy atom. The molecule has 0 N–H and O–H groups in total. The average molecular weight is 349 g/mol. The zero-order valence-corrected chi connectivity index (χ0v) is 14.5. The molecule has 136 valence electrons. The van der Waals surface area contributed by atoms with E-state index >= 15 is 0 Å². The molecular formula is C17H23N3O5. The Balaban J connectivity index is 1.53. The van der Waals surface area contributed by atoms with Crippen LogP contribution in [0.3, 0.4) is 0 Å². The zero-order valence-electron chi connectivity index (χ0n) is 14.5. The van der Waals surface area contributed by atoms with Crippen LogP contribution in [0.1, 0.15) is 24.4 Å². The number of piperazine rings is 1. The second kappa shape index (κ2) is 7.16. The van der Waals surface area contributed by atoms with E-state index in [4.69, 9.17) is 9.15 Å². The normalized spacial score (nSPS) is 21.0. The van der Waals surface area contributed by atoms with Crippen LogP contribution >= 0.6 is 0 Å².